The highest BCUT2D eigenvalue weighted by Gasteiger charge is 2.51. The van der Waals surface area contributed by atoms with E-state index >= 15 is 0 Å². The van der Waals surface area contributed by atoms with Crippen LogP contribution in [-0.2, 0) is 4.79 Å². The largest absolute Gasteiger partial charge is 0.325 e. The zero-order valence-electron chi connectivity index (χ0n) is 13.5. The molecule has 1 unspecified atom stereocenters. The molecule has 0 aromatic heterocycles. The summed E-state index contributed by atoms with van der Waals surface area (Å²) in [5.41, 5.74) is 0.0563. The van der Waals surface area contributed by atoms with Gasteiger partial charge in [0, 0.05) is 5.56 Å². The van der Waals surface area contributed by atoms with Crippen LogP contribution >= 0.6 is 0 Å². The summed E-state index contributed by atoms with van der Waals surface area (Å²) in [6.07, 6.45) is 0. The number of carbonyl (C=O) groups excluding carboxylic acids is 3. The van der Waals surface area contributed by atoms with Crippen molar-refractivity contribution in [3.05, 3.63) is 71.8 Å². The van der Waals surface area contributed by atoms with Gasteiger partial charge in [0.2, 0.25) is 0 Å². The van der Waals surface area contributed by atoms with Crippen LogP contribution in [0.5, 0.6) is 0 Å². The molecule has 0 saturated carbocycles. The first kappa shape index (κ1) is 15.9. The van der Waals surface area contributed by atoms with Crippen molar-refractivity contribution in [3.8, 4) is 0 Å². The Morgan fingerprint density at radius 3 is 2.00 bits per heavy atom. The molecule has 0 radical (unpaired) electrons. The second-order valence-corrected chi connectivity index (χ2v) is 6.23. The van der Waals surface area contributed by atoms with Crippen molar-refractivity contribution in [2.24, 2.45) is 0 Å². The molecule has 1 saturated heterocycles. The van der Waals surface area contributed by atoms with E-state index in [0.717, 1.165) is 0 Å². The molecule has 2 aromatic rings. The molecule has 1 aliphatic rings. The van der Waals surface area contributed by atoms with Crippen LogP contribution in [-0.4, -0.2) is 28.2 Å². The minimum atomic E-state index is -1.11. The highest BCUT2D eigenvalue weighted by Crippen LogP contribution is 2.34. The molecule has 5 nitrogen and oxygen atoms in total. The summed E-state index contributed by atoms with van der Waals surface area (Å²) in [4.78, 5) is 39.0. The Labute approximate surface area is 140 Å². The molecular weight excluding hydrogens is 304 g/mol. The van der Waals surface area contributed by atoms with Crippen LogP contribution in [0.15, 0.2) is 60.7 Å². The van der Waals surface area contributed by atoms with Gasteiger partial charge in [-0.25, -0.2) is 4.79 Å². The first-order chi connectivity index (χ1) is 11.4. The van der Waals surface area contributed by atoms with Crippen molar-refractivity contribution >= 4 is 17.7 Å². The molecule has 0 spiro atoms. The maximum Gasteiger partial charge on any atom is 0.325 e. The number of hydrogen-bond donors (Lipinski definition) is 1. The van der Waals surface area contributed by atoms with Crippen LogP contribution in [0.2, 0.25) is 0 Å². The summed E-state index contributed by atoms with van der Waals surface area (Å²) < 4.78 is 0. The lowest BCUT2D eigenvalue weighted by atomic mass is 9.92. The number of Topliss-reactive ketones (excluding diaryl/α,β-unsaturated/α-hetero) is 1. The third-order valence-electron chi connectivity index (χ3n) is 4.28. The average molecular weight is 322 g/mol. The zero-order chi connectivity index (χ0) is 17.3. The average Bonchev–Trinajstić information content (AvgIpc) is 2.79. The van der Waals surface area contributed by atoms with E-state index in [1.165, 1.54) is 4.90 Å². The van der Waals surface area contributed by atoms with Gasteiger partial charge < -0.3 is 0 Å². The fourth-order valence-electron chi connectivity index (χ4n) is 2.93. The van der Waals surface area contributed by atoms with Crippen molar-refractivity contribution in [1.29, 1.82) is 0 Å². The molecule has 0 bridgehead atoms. The minimum absolute atomic E-state index is 0.222. The van der Waals surface area contributed by atoms with Crippen molar-refractivity contribution in [2.45, 2.75) is 25.4 Å². The van der Waals surface area contributed by atoms with Gasteiger partial charge in [-0.1, -0.05) is 60.7 Å². The van der Waals surface area contributed by atoms with Gasteiger partial charge in [-0.05, 0) is 19.4 Å². The summed E-state index contributed by atoms with van der Waals surface area (Å²) >= 11 is 0. The molecule has 24 heavy (non-hydrogen) atoms. The van der Waals surface area contributed by atoms with E-state index in [-0.39, 0.29) is 5.78 Å². The zero-order valence-corrected chi connectivity index (χ0v) is 13.5. The smallest absolute Gasteiger partial charge is 0.296 e. The lowest BCUT2D eigenvalue weighted by Gasteiger charge is -2.35. The van der Waals surface area contributed by atoms with Gasteiger partial charge in [0.25, 0.3) is 5.91 Å². The van der Waals surface area contributed by atoms with Crippen molar-refractivity contribution in [1.82, 2.24) is 10.2 Å². The number of hydrogen-bond acceptors (Lipinski definition) is 3. The second kappa shape index (κ2) is 5.92. The molecule has 1 aliphatic heterocycles. The maximum absolute atomic E-state index is 13.1. The Balaban J connectivity index is 2.12. The highest BCUT2D eigenvalue weighted by molar-refractivity contribution is 6.10. The summed E-state index contributed by atoms with van der Waals surface area (Å²) in [7, 11) is 0. The Morgan fingerprint density at radius 2 is 1.50 bits per heavy atom. The quantitative estimate of drug-likeness (QED) is 0.695. The van der Waals surface area contributed by atoms with Gasteiger partial charge >= 0.3 is 6.03 Å². The van der Waals surface area contributed by atoms with Crippen LogP contribution in [0, 0.1) is 0 Å². The molecule has 122 valence electrons. The molecule has 3 amide bonds. The number of imide groups is 1. The number of carbonyl (C=O) groups is 3. The van der Waals surface area contributed by atoms with E-state index in [1.807, 2.05) is 24.3 Å². The molecule has 2 aromatic carbocycles. The molecular formula is C19H18N2O3. The Hall–Kier alpha value is -2.95. The van der Waals surface area contributed by atoms with E-state index in [1.54, 1.807) is 50.2 Å². The third-order valence-corrected chi connectivity index (χ3v) is 4.28. The summed E-state index contributed by atoms with van der Waals surface area (Å²) in [6.45, 7) is 3.28. The minimum Gasteiger partial charge on any atom is -0.296 e. The number of urea groups is 1. The summed E-state index contributed by atoms with van der Waals surface area (Å²) in [5.74, 6) is -0.631. The number of nitrogens with one attached hydrogen (secondary N) is 1. The Morgan fingerprint density at radius 1 is 0.958 bits per heavy atom. The van der Waals surface area contributed by atoms with Crippen LogP contribution in [0.3, 0.4) is 0 Å². The lowest BCUT2D eigenvalue weighted by molar-refractivity contribution is -0.125. The molecule has 5 heteroatoms. The van der Waals surface area contributed by atoms with E-state index in [0.29, 0.717) is 11.1 Å². The summed E-state index contributed by atoms with van der Waals surface area (Å²) in [5, 5.41) is 2.31. The van der Waals surface area contributed by atoms with E-state index in [9.17, 15) is 14.4 Å². The van der Waals surface area contributed by atoms with E-state index in [2.05, 4.69) is 5.32 Å². The third kappa shape index (κ3) is 2.58. The molecule has 3 rings (SSSR count). The molecule has 1 atom stereocenters. The standard InChI is InChI=1S/C19H18N2O3/c1-19(2)17(23)20-18(24)21(19)15(13-9-5-3-6-10-13)16(22)14-11-7-4-8-12-14/h3-12,15H,1-2H3,(H,20,23,24). The van der Waals surface area contributed by atoms with Gasteiger partial charge in [-0.15, -0.1) is 0 Å². The van der Waals surface area contributed by atoms with Crippen LogP contribution < -0.4 is 5.32 Å². The van der Waals surface area contributed by atoms with Crippen LogP contribution in [0.25, 0.3) is 0 Å². The predicted octanol–water partition coefficient (Wildman–Crippen LogP) is 2.94. The van der Waals surface area contributed by atoms with Gasteiger partial charge in [0.15, 0.2) is 5.78 Å². The van der Waals surface area contributed by atoms with Crippen LogP contribution in [0.1, 0.15) is 35.8 Å². The number of amides is 3. The monoisotopic (exact) mass is 322 g/mol. The molecule has 1 fully saturated rings. The predicted molar refractivity (Wildman–Crippen MR) is 89.4 cm³/mol. The van der Waals surface area contributed by atoms with Crippen molar-refractivity contribution < 1.29 is 14.4 Å². The molecule has 1 heterocycles. The fourth-order valence-corrected chi connectivity index (χ4v) is 2.93. The second-order valence-electron chi connectivity index (χ2n) is 6.23. The van der Waals surface area contributed by atoms with Gasteiger partial charge in [0.05, 0.1) is 0 Å². The van der Waals surface area contributed by atoms with Gasteiger partial charge in [-0.2, -0.15) is 0 Å². The number of benzene rings is 2. The first-order valence-corrected chi connectivity index (χ1v) is 7.72. The number of ketones is 1. The highest BCUT2D eigenvalue weighted by atomic mass is 16.2. The van der Waals surface area contributed by atoms with Gasteiger partial charge in [0.1, 0.15) is 11.6 Å². The fraction of sp³-hybridized carbons (Fsp3) is 0.211. The first-order valence-electron chi connectivity index (χ1n) is 7.72. The maximum atomic E-state index is 13.1. The van der Waals surface area contributed by atoms with E-state index < -0.39 is 23.5 Å². The normalized spacial score (nSPS) is 17.5. The van der Waals surface area contributed by atoms with Crippen molar-refractivity contribution in [2.75, 3.05) is 0 Å². The number of nitrogens with zero attached hydrogens (tertiary/aromatic N) is 1. The van der Waals surface area contributed by atoms with Crippen molar-refractivity contribution in [3.63, 3.8) is 0 Å². The van der Waals surface area contributed by atoms with Gasteiger partial charge in [-0.3, -0.25) is 19.8 Å². The SMILES string of the molecule is CC1(C)C(=O)NC(=O)N1C(C(=O)c1ccccc1)c1ccccc1. The van der Waals surface area contributed by atoms with Crippen LogP contribution in [0.4, 0.5) is 4.79 Å². The lowest BCUT2D eigenvalue weighted by Crippen LogP contribution is -2.48. The Bertz CT molecular complexity index is 785. The molecule has 1 N–H and O–H groups in total. The molecule has 0 aliphatic carbocycles. The summed E-state index contributed by atoms with van der Waals surface area (Å²) in [6, 6.07) is 16.4. The number of rotatable bonds is 4. The van der Waals surface area contributed by atoms with E-state index in [4.69, 9.17) is 0 Å². The topological polar surface area (TPSA) is 66.5 Å². The Kier molecular flexibility index (Phi) is 3.93.